The minimum Gasteiger partial charge on any atom is -0.368 e. The average Bonchev–Trinajstić information content (AvgIpc) is 2.10. The zero-order valence-electron chi connectivity index (χ0n) is 6.08. The fourth-order valence-corrected chi connectivity index (χ4v) is 1.37. The van der Waals surface area contributed by atoms with E-state index in [0.717, 1.165) is 6.54 Å². The topological polar surface area (TPSA) is 72.3 Å². The first-order chi connectivity index (χ1) is 4.61. The van der Waals surface area contributed by atoms with E-state index in [1.807, 2.05) is 11.9 Å². The minimum atomic E-state index is -0.268. The van der Waals surface area contributed by atoms with Crippen LogP contribution in [0.1, 0.15) is 6.42 Å². The Bertz CT molecular complexity index is 148. The van der Waals surface area contributed by atoms with E-state index in [9.17, 15) is 4.79 Å². The standard InChI is InChI=1S/C6H13N3O/c1-9-3-4(7)2-5(9)6(8)10/h4-5H,2-3,7H2,1H3,(H2,8,10)/t4-,5+/m1/s1. The normalized spacial score (nSPS) is 34.6. The van der Waals surface area contributed by atoms with Gasteiger partial charge in [0, 0.05) is 12.6 Å². The Morgan fingerprint density at radius 3 is 2.50 bits per heavy atom. The third kappa shape index (κ3) is 1.27. The van der Waals surface area contributed by atoms with Crippen molar-refractivity contribution in [2.75, 3.05) is 13.6 Å². The van der Waals surface area contributed by atoms with Crippen molar-refractivity contribution < 1.29 is 4.79 Å². The molecule has 0 aromatic carbocycles. The van der Waals surface area contributed by atoms with Crippen LogP contribution in [0.15, 0.2) is 0 Å². The number of nitrogens with zero attached hydrogens (tertiary/aromatic N) is 1. The molecule has 0 aliphatic carbocycles. The highest BCUT2D eigenvalue weighted by atomic mass is 16.1. The molecule has 1 amide bonds. The van der Waals surface area contributed by atoms with Gasteiger partial charge in [-0.2, -0.15) is 0 Å². The quantitative estimate of drug-likeness (QED) is 0.469. The minimum absolute atomic E-state index is 0.113. The van der Waals surface area contributed by atoms with E-state index in [4.69, 9.17) is 11.5 Å². The van der Waals surface area contributed by atoms with E-state index in [2.05, 4.69) is 0 Å². The Morgan fingerprint density at radius 2 is 2.30 bits per heavy atom. The van der Waals surface area contributed by atoms with Crippen LogP contribution in [0.2, 0.25) is 0 Å². The van der Waals surface area contributed by atoms with E-state index in [1.165, 1.54) is 0 Å². The lowest BCUT2D eigenvalue weighted by Crippen LogP contribution is -2.37. The molecular formula is C6H13N3O. The summed E-state index contributed by atoms with van der Waals surface area (Å²) in [6, 6.07) is -0.0301. The highest BCUT2D eigenvalue weighted by Crippen LogP contribution is 2.12. The maximum absolute atomic E-state index is 10.7. The van der Waals surface area contributed by atoms with Crippen LogP contribution < -0.4 is 11.5 Å². The maximum Gasteiger partial charge on any atom is 0.234 e. The summed E-state index contributed by atoms with van der Waals surface area (Å²) in [5.74, 6) is -0.268. The number of amides is 1. The van der Waals surface area contributed by atoms with Gasteiger partial charge < -0.3 is 11.5 Å². The lowest BCUT2D eigenvalue weighted by molar-refractivity contribution is -0.121. The first-order valence-electron chi connectivity index (χ1n) is 3.36. The molecule has 0 bridgehead atoms. The molecule has 1 aliphatic rings. The van der Waals surface area contributed by atoms with Crippen molar-refractivity contribution in [3.63, 3.8) is 0 Å². The second-order valence-electron chi connectivity index (χ2n) is 2.85. The third-order valence-corrected chi connectivity index (χ3v) is 1.91. The van der Waals surface area contributed by atoms with E-state index < -0.39 is 0 Å². The number of likely N-dealkylation sites (tertiary alicyclic amines) is 1. The summed E-state index contributed by atoms with van der Waals surface area (Å²) in [6.07, 6.45) is 0.700. The molecule has 1 fully saturated rings. The maximum atomic E-state index is 10.7. The Labute approximate surface area is 60.2 Å². The third-order valence-electron chi connectivity index (χ3n) is 1.91. The van der Waals surface area contributed by atoms with Gasteiger partial charge in [-0.15, -0.1) is 0 Å². The molecule has 0 unspecified atom stereocenters. The van der Waals surface area contributed by atoms with Crippen LogP contribution in [0.3, 0.4) is 0 Å². The van der Waals surface area contributed by atoms with Gasteiger partial charge in [0.2, 0.25) is 5.91 Å². The van der Waals surface area contributed by atoms with Crippen molar-refractivity contribution >= 4 is 5.91 Å². The van der Waals surface area contributed by atoms with Crippen LogP contribution in [0, 0.1) is 0 Å². The van der Waals surface area contributed by atoms with Crippen LogP contribution >= 0.6 is 0 Å². The molecule has 1 aliphatic heterocycles. The molecule has 4 nitrogen and oxygen atoms in total. The SMILES string of the molecule is CN1C[C@H](N)C[C@H]1C(N)=O. The Balaban J connectivity index is 2.54. The lowest BCUT2D eigenvalue weighted by atomic mass is 10.2. The van der Waals surface area contributed by atoms with E-state index >= 15 is 0 Å². The number of hydrogen-bond acceptors (Lipinski definition) is 3. The van der Waals surface area contributed by atoms with Crippen molar-refractivity contribution in [2.45, 2.75) is 18.5 Å². The van der Waals surface area contributed by atoms with Crippen LogP contribution in [-0.2, 0) is 4.79 Å². The summed E-state index contributed by atoms with van der Waals surface area (Å²) in [5, 5.41) is 0. The van der Waals surface area contributed by atoms with Gasteiger partial charge in [-0.25, -0.2) is 0 Å². The summed E-state index contributed by atoms with van der Waals surface area (Å²) < 4.78 is 0. The molecule has 2 atom stereocenters. The van der Waals surface area contributed by atoms with Crippen LogP contribution in [0.25, 0.3) is 0 Å². The second kappa shape index (κ2) is 2.56. The van der Waals surface area contributed by atoms with Gasteiger partial charge in [0.1, 0.15) is 0 Å². The average molecular weight is 143 g/mol. The molecule has 0 aromatic rings. The molecule has 1 saturated heterocycles. The van der Waals surface area contributed by atoms with E-state index in [-0.39, 0.29) is 18.0 Å². The first kappa shape index (κ1) is 7.50. The zero-order chi connectivity index (χ0) is 7.72. The van der Waals surface area contributed by atoms with Gasteiger partial charge in [-0.3, -0.25) is 9.69 Å². The fourth-order valence-electron chi connectivity index (χ4n) is 1.37. The molecular weight excluding hydrogens is 130 g/mol. The van der Waals surface area contributed by atoms with Gasteiger partial charge in [0.15, 0.2) is 0 Å². The van der Waals surface area contributed by atoms with Crippen molar-refractivity contribution in [3.8, 4) is 0 Å². The molecule has 0 spiro atoms. The van der Waals surface area contributed by atoms with Crippen LogP contribution in [0.4, 0.5) is 0 Å². The molecule has 0 aromatic heterocycles. The Morgan fingerprint density at radius 1 is 1.70 bits per heavy atom. The zero-order valence-corrected chi connectivity index (χ0v) is 6.08. The summed E-state index contributed by atoms with van der Waals surface area (Å²) in [6.45, 7) is 0.771. The van der Waals surface area contributed by atoms with Gasteiger partial charge in [0.25, 0.3) is 0 Å². The van der Waals surface area contributed by atoms with Crippen molar-refractivity contribution in [1.82, 2.24) is 4.90 Å². The molecule has 58 valence electrons. The van der Waals surface area contributed by atoms with Crippen molar-refractivity contribution in [3.05, 3.63) is 0 Å². The largest absolute Gasteiger partial charge is 0.368 e. The monoisotopic (exact) mass is 143 g/mol. The van der Waals surface area contributed by atoms with Crippen molar-refractivity contribution in [1.29, 1.82) is 0 Å². The number of hydrogen-bond donors (Lipinski definition) is 2. The molecule has 4 N–H and O–H groups in total. The Hall–Kier alpha value is -0.610. The number of rotatable bonds is 1. The van der Waals surface area contributed by atoms with Gasteiger partial charge in [-0.1, -0.05) is 0 Å². The molecule has 1 heterocycles. The number of nitrogens with two attached hydrogens (primary N) is 2. The van der Waals surface area contributed by atoms with E-state index in [1.54, 1.807) is 0 Å². The Kier molecular flexibility index (Phi) is 1.92. The molecule has 0 radical (unpaired) electrons. The predicted molar refractivity (Wildman–Crippen MR) is 38.2 cm³/mol. The lowest BCUT2D eigenvalue weighted by Gasteiger charge is -2.14. The summed E-state index contributed by atoms with van der Waals surface area (Å²) in [7, 11) is 1.86. The smallest absolute Gasteiger partial charge is 0.234 e. The number of likely N-dealkylation sites (N-methyl/N-ethyl adjacent to an activating group) is 1. The molecule has 10 heavy (non-hydrogen) atoms. The highest BCUT2D eigenvalue weighted by Gasteiger charge is 2.30. The number of carbonyl (C=O) groups excluding carboxylic acids is 1. The van der Waals surface area contributed by atoms with Gasteiger partial charge in [0.05, 0.1) is 6.04 Å². The molecule has 4 heteroatoms. The van der Waals surface area contributed by atoms with Gasteiger partial charge in [-0.05, 0) is 13.5 Å². The first-order valence-corrected chi connectivity index (χ1v) is 3.36. The number of primary amides is 1. The van der Waals surface area contributed by atoms with Crippen molar-refractivity contribution in [2.24, 2.45) is 11.5 Å². The van der Waals surface area contributed by atoms with Crippen LogP contribution in [-0.4, -0.2) is 36.5 Å². The van der Waals surface area contributed by atoms with Crippen LogP contribution in [0.5, 0.6) is 0 Å². The van der Waals surface area contributed by atoms with E-state index in [0.29, 0.717) is 6.42 Å². The molecule has 0 saturated carbocycles. The van der Waals surface area contributed by atoms with Gasteiger partial charge >= 0.3 is 0 Å². The molecule has 1 rings (SSSR count). The predicted octanol–water partition coefficient (Wildman–Crippen LogP) is -1.50. The summed E-state index contributed by atoms with van der Waals surface area (Å²) in [5.41, 5.74) is 10.7. The fraction of sp³-hybridized carbons (Fsp3) is 0.833. The highest BCUT2D eigenvalue weighted by molar-refractivity contribution is 5.80. The number of carbonyl (C=O) groups is 1. The summed E-state index contributed by atoms with van der Waals surface area (Å²) in [4.78, 5) is 12.6. The summed E-state index contributed by atoms with van der Waals surface area (Å²) >= 11 is 0. The second-order valence-corrected chi connectivity index (χ2v) is 2.85.